The molecule has 3 heteroatoms. The second-order valence-corrected chi connectivity index (χ2v) is 11.2. The maximum atomic E-state index is 13.8. The van der Waals surface area contributed by atoms with Crippen molar-refractivity contribution in [2.45, 2.75) is 76.2 Å². The second-order valence-electron chi connectivity index (χ2n) is 11.2. The molecule has 0 N–H and O–H groups in total. The second kappa shape index (κ2) is 7.20. The molecular formula is C26H37NO2. The minimum Gasteiger partial charge on any atom is -0.379 e. The van der Waals surface area contributed by atoms with Gasteiger partial charge in [0.2, 0.25) is 0 Å². The van der Waals surface area contributed by atoms with E-state index < -0.39 is 0 Å². The molecule has 1 heterocycles. The lowest BCUT2D eigenvalue weighted by Gasteiger charge is -2.62. The van der Waals surface area contributed by atoms with E-state index in [4.69, 9.17) is 4.74 Å². The summed E-state index contributed by atoms with van der Waals surface area (Å²) in [6.07, 6.45) is 9.13. The number of carbonyl (C=O) groups excluding carboxylic acids is 1. The van der Waals surface area contributed by atoms with Crippen LogP contribution < -0.4 is 0 Å². The summed E-state index contributed by atoms with van der Waals surface area (Å²) in [6, 6.07) is 11.2. The Morgan fingerprint density at radius 3 is 2.38 bits per heavy atom. The van der Waals surface area contributed by atoms with Crippen LogP contribution in [0.5, 0.6) is 0 Å². The fourth-order valence-corrected chi connectivity index (χ4v) is 7.73. The van der Waals surface area contributed by atoms with Crippen molar-refractivity contribution in [3.8, 4) is 0 Å². The van der Waals surface area contributed by atoms with E-state index in [1.807, 2.05) is 0 Å². The third kappa shape index (κ3) is 3.49. The Morgan fingerprint density at radius 1 is 1.07 bits per heavy atom. The maximum Gasteiger partial charge on any atom is 0.139 e. The van der Waals surface area contributed by atoms with Gasteiger partial charge in [0.1, 0.15) is 5.78 Å². The van der Waals surface area contributed by atoms with Gasteiger partial charge in [-0.3, -0.25) is 9.69 Å². The van der Waals surface area contributed by atoms with Crippen molar-refractivity contribution in [3.63, 3.8) is 0 Å². The Bertz CT molecular complexity index is 735. The fraction of sp³-hybridized carbons (Fsp3) is 0.731. The summed E-state index contributed by atoms with van der Waals surface area (Å²) in [5.74, 6) is 2.09. The smallest absolute Gasteiger partial charge is 0.139 e. The molecule has 2 atom stereocenters. The van der Waals surface area contributed by atoms with E-state index in [1.165, 1.54) is 24.8 Å². The normalized spacial score (nSPS) is 37.0. The lowest BCUT2D eigenvalue weighted by Crippen LogP contribution is -2.57. The van der Waals surface area contributed by atoms with E-state index in [0.29, 0.717) is 5.78 Å². The third-order valence-corrected chi connectivity index (χ3v) is 8.87. The number of benzene rings is 1. The summed E-state index contributed by atoms with van der Waals surface area (Å²) in [6.45, 7) is 8.27. The number of ketones is 1. The van der Waals surface area contributed by atoms with Crippen LogP contribution in [0.1, 0.15) is 70.8 Å². The SMILES string of the molecule is CC(C)(CCC(=O)C12CC3CC(C1)CC(c1ccccc1)(C3)C2)N1CCOCC1. The predicted octanol–water partition coefficient (Wildman–Crippen LogP) is 4.98. The van der Waals surface area contributed by atoms with E-state index >= 15 is 0 Å². The molecule has 4 bridgehead atoms. The first-order chi connectivity index (χ1) is 13.9. The molecule has 2 unspecified atom stereocenters. The molecule has 0 spiro atoms. The molecular weight excluding hydrogens is 358 g/mol. The van der Waals surface area contributed by atoms with Gasteiger partial charge in [0, 0.05) is 30.5 Å². The van der Waals surface area contributed by atoms with Crippen LogP contribution in [0.3, 0.4) is 0 Å². The number of rotatable bonds is 6. The summed E-state index contributed by atoms with van der Waals surface area (Å²) in [5, 5.41) is 0. The van der Waals surface area contributed by atoms with Gasteiger partial charge in [-0.05, 0) is 81.6 Å². The Hall–Kier alpha value is -1.19. The van der Waals surface area contributed by atoms with E-state index in [0.717, 1.165) is 70.2 Å². The summed E-state index contributed by atoms with van der Waals surface area (Å²) in [5.41, 5.74) is 1.81. The lowest BCUT2D eigenvalue weighted by molar-refractivity contribution is -0.147. The van der Waals surface area contributed by atoms with Gasteiger partial charge in [0.15, 0.2) is 0 Å². The molecule has 29 heavy (non-hydrogen) atoms. The molecule has 158 valence electrons. The molecule has 4 saturated carbocycles. The first-order valence-corrected chi connectivity index (χ1v) is 11.8. The van der Waals surface area contributed by atoms with Crippen molar-refractivity contribution in [2.75, 3.05) is 26.3 Å². The van der Waals surface area contributed by atoms with Crippen molar-refractivity contribution in [2.24, 2.45) is 17.3 Å². The highest BCUT2D eigenvalue weighted by Gasteiger charge is 2.60. The highest BCUT2D eigenvalue weighted by Crippen LogP contribution is 2.66. The Kier molecular flexibility index (Phi) is 4.90. The summed E-state index contributed by atoms with van der Waals surface area (Å²) < 4.78 is 5.53. The van der Waals surface area contributed by atoms with Crippen LogP contribution in [0.4, 0.5) is 0 Å². The molecule has 4 aliphatic carbocycles. The zero-order valence-electron chi connectivity index (χ0n) is 18.3. The fourth-order valence-electron chi connectivity index (χ4n) is 7.73. The molecule has 1 saturated heterocycles. The van der Waals surface area contributed by atoms with Crippen LogP contribution in [-0.2, 0) is 14.9 Å². The summed E-state index contributed by atoms with van der Waals surface area (Å²) in [7, 11) is 0. The number of hydrogen-bond donors (Lipinski definition) is 0. The zero-order valence-corrected chi connectivity index (χ0v) is 18.3. The van der Waals surface area contributed by atoms with Gasteiger partial charge in [-0.25, -0.2) is 0 Å². The number of nitrogens with zero attached hydrogens (tertiary/aromatic N) is 1. The van der Waals surface area contributed by atoms with Crippen LogP contribution >= 0.6 is 0 Å². The molecule has 3 nitrogen and oxygen atoms in total. The minimum absolute atomic E-state index is 0.0407. The molecule has 1 aliphatic heterocycles. The number of morpholine rings is 1. The van der Waals surface area contributed by atoms with Crippen molar-refractivity contribution < 1.29 is 9.53 Å². The molecule has 0 radical (unpaired) electrons. The first-order valence-electron chi connectivity index (χ1n) is 11.8. The number of Topliss-reactive ketones (excluding diaryl/α,β-unsaturated/α-hetero) is 1. The van der Waals surface area contributed by atoms with Gasteiger partial charge in [-0.1, -0.05) is 30.3 Å². The molecule has 5 aliphatic rings. The topological polar surface area (TPSA) is 29.5 Å². The molecule has 5 fully saturated rings. The van der Waals surface area contributed by atoms with E-state index in [2.05, 4.69) is 49.1 Å². The highest BCUT2D eigenvalue weighted by molar-refractivity contribution is 5.85. The van der Waals surface area contributed by atoms with Crippen LogP contribution in [0, 0.1) is 17.3 Å². The van der Waals surface area contributed by atoms with Gasteiger partial charge in [0.05, 0.1) is 13.2 Å². The third-order valence-electron chi connectivity index (χ3n) is 8.87. The van der Waals surface area contributed by atoms with Crippen LogP contribution in [0.25, 0.3) is 0 Å². The summed E-state index contributed by atoms with van der Waals surface area (Å²) in [4.78, 5) is 16.3. The van der Waals surface area contributed by atoms with E-state index in [-0.39, 0.29) is 16.4 Å². The Morgan fingerprint density at radius 2 is 1.72 bits per heavy atom. The minimum atomic E-state index is -0.0407. The van der Waals surface area contributed by atoms with Crippen molar-refractivity contribution in [3.05, 3.63) is 35.9 Å². The lowest BCUT2D eigenvalue weighted by atomic mass is 9.42. The number of carbonyl (C=O) groups is 1. The van der Waals surface area contributed by atoms with Gasteiger partial charge >= 0.3 is 0 Å². The van der Waals surface area contributed by atoms with Gasteiger partial charge in [-0.15, -0.1) is 0 Å². The van der Waals surface area contributed by atoms with Gasteiger partial charge < -0.3 is 4.74 Å². The Balaban J connectivity index is 1.33. The zero-order chi connectivity index (χ0) is 20.1. The Labute approximate surface area is 176 Å². The maximum absolute atomic E-state index is 13.8. The molecule has 6 rings (SSSR count). The molecule has 0 aromatic heterocycles. The number of hydrogen-bond acceptors (Lipinski definition) is 3. The van der Waals surface area contributed by atoms with Crippen molar-refractivity contribution in [1.29, 1.82) is 0 Å². The van der Waals surface area contributed by atoms with E-state index in [1.54, 1.807) is 0 Å². The van der Waals surface area contributed by atoms with Gasteiger partial charge in [0.25, 0.3) is 0 Å². The van der Waals surface area contributed by atoms with E-state index in [9.17, 15) is 4.79 Å². The quantitative estimate of drug-likeness (QED) is 0.680. The highest BCUT2D eigenvalue weighted by atomic mass is 16.5. The average Bonchev–Trinajstić information content (AvgIpc) is 2.72. The average molecular weight is 396 g/mol. The monoisotopic (exact) mass is 395 g/mol. The molecule has 0 amide bonds. The van der Waals surface area contributed by atoms with Crippen molar-refractivity contribution >= 4 is 5.78 Å². The van der Waals surface area contributed by atoms with Gasteiger partial charge in [-0.2, -0.15) is 0 Å². The van der Waals surface area contributed by atoms with Crippen LogP contribution in [0.2, 0.25) is 0 Å². The summed E-state index contributed by atoms with van der Waals surface area (Å²) >= 11 is 0. The largest absolute Gasteiger partial charge is 0.379 e. The van der Waals surface area contributed by atoms with Crippen LogP contribution in [-0.4, -0.2) is 42.5 Å². The first kappa shape index (κ1) is 19.8. The number of ether oxygens (including phenoxy) is 1. The van der Waals surface area contributed by atoms with Crippen LogP contribution in [0.15, 0.2) is 30.3 Å². The standard InChI is InChI=1S/C26H37NO2/c1-24(2,27-10-12-29-13-11-27)9-8-23(28)26-17-20-14-21(18-26)16-25(15-20,19-26)22-6-4-3-5-7-22/h3-7,20-21H,8-19H2,1-2H3. The molecule has 1 aromatic rings. The molecule has 1 aromatic carbocycles. The predicted molar refractivity (Wildman–Crippen MR) is 116 cm³/mol. The van der Waals surface area contributed by atoms with Crippen molar-refractivity contribution in [1.82, 2.24) is 4.90 Å².